The molecule has 0 aromatic rings. The van der Waals surface area contributed by atoms with Crippen LogP contribution in [0.15, 0.2) is 97.2 Å². The van der Waals surface area contributed by atoms with Gasteiger partial charge in [0.1, 0.15) is 73.2 Å². The number of hydrogen-bond donors (Lipinski definition) is 12. The Kier molecular flexibility index (Phi) is 61.5. The van der Waals surface area contributed by atoms with E-state index in [0.717, 1.165) is 109 Å². The van der Waals surface area contributed by atoms with Crippen molar-refractivity contribution in [3.8, 4) is 0 Å². The van der Waals surface area contributed by atoms with E-state index in [9.17, 15) is 61.0 Å². The number of allylic oxidation sites excluding steroid dienone is 16. The maximum Gasteiger partial charge on any atom is 0.220 e. The van der Waals surface area contributed by atoms with Crippen LogP contribution in [0.3, 0.4) is 0 Å². The first-order valence-corrected chi connectivity index (χ1v) is 43.0. The molecule has 3 fully saturated rings. The number of unbranched alkanes of at least 4 members (excludes halogenated alkanes) is 36. The van der Waals surface area contributed by atoms with Gasteiger partial charge in [0, 0.05) is 6.42 Å². The molecule has 3 aliphatic heterocycles. The largest absolute Gasteiger partial charge is 0.394 e. The van der Waals surface area contributed by atoms with Gasteiger partial charge in [-0.15, -0.1) is 0 Å². The van der Waals surface area contributed by atoms with Crippen LogP contribution in [-0.4, -0.2) is 193 Å². The van der Waals surface area contributed by atoms with E-state index in [1.54, 1.807) is 0 Å². The number of ether oxygens (including phenoxy) is 6. The molecule has 107 heavy (non-hydrogen) atoms. The Morgan fingerprint density at radius 3 is 1.01 bits per heavy atom. The van der Waals surface area contributed by atoms with Crippen LogP contribution in [0.2, 0.25) is 0 Å². The highest BCUT2D eigenvalue weighted by atomic mass is 16.8. The van der Waals surface area contributed by atoms with E-state index in [4.69, 9.17) is 28.4 Å². The van der Waals surface area contributed by atoms with Crippen molar-refractivity contribution < 1.29 is 89.4 Å². The molecular formula is C88H155NO18. The summed E-state index contributed by atoms with van der Waals surface area (Å²) < 4.78 is 34.6. The van der Waals surface area contributed by atoms with Crippen LogP contribution in [0.25, 0.3) is 0 Å². The normalized spacial score (nSPS) is 26.0. The Bertz CT molecular complexity index is 2310. The maximum atomic E-state index is 13.5. The minimum atomic E-state index is -1.98. The third-order valence-corrected chi connectivity index (χ3v) is 20.9. The summed E-state index contributed by atoms with van der Waals surface area (Å²) in [7, 11) is 0. The van der Waals surface area contributed by atoms with Crippen molar-refractivity contribution in [3.63, 3.8) is 0 Å². The predicted octanol–water partition coefficient (Wildman–Crippen LogP) is 15.5. The molecule has 0 aliphatic carbocycles. The molecule has 620 valence electrons. The molecule has 0 radical (unpaired) electrons. The summed E-state index contributed by atoms with van der Waals surface area (Å²) >= 11 is 0. The van der Waals surface area contributed by atoms with Gasteiger partial charge in [0.05, 0.1) is 38.6 Å². The van der Waals surface area contributed by atoms with Crippen LogP contribution in [-0.2, 0) is 33.2 Å². The number of aliphatic hydroxyl groups is 11. The number of hydrogen-bond acceptors (Lipinski definition) is 18. The van der Waals surface area contributed by atoms with Crippen molar-refractivity contribution in [2.75, 3.05) is 26.4 Å². The van der Waals surface area contributed by atoms with Crippen molar-refractivity contribution in [2.45, 2.75) is 426 Å². The molecule has 0 spiro atoms. The minimum Gasteiger partial charge on any atom is -0.394 e. The first-order valence-electron chi connectivity index (χ1n) is 43.0. The molecule has 1 amide bonds. The van der Waals surface area contributed by atoms with Gasteiger partial charge in [0.2, 0.25) is 5.91 Å². The summed E-state index contributed by atoms with van der Waals surface area (Å²) in [6.45, 7) is 1.72. The monoisotopic (exact) mass is 1510 g/mol. The molecule has 3 saturated heterocycles. The van der Waals surface area contributed by atoms with Crippen LogP contribution in [0.5, 0.6) is 0 Å². The third-order valence-electron chi connectivity index (χ3n) is 20.9. The first kappa shape index (κ1) is 97.9. The van der Waals surface area contributed by atoms with E-state index in [1.165, 1.54) is 180 Å². The molecule has 3 aliphatic rings. The topological polar surface area (TPSA) is 307 Å². The van der Waals surface area contributed by atoms with Crippen LogP contribution in [0.1, 0.15) is 322 Å². The number of amides is 1. The Balaban J connectivity index is 1.35. The summed E-state index contributed by atoms with van der Waals surface area (Å²) in [5.74, 6) is -0.247. The molecule has 3 rings (SSSR count). The quantitative estimate of drug-likeness (QED) is 0.0199. The van der Waals surface area contributed by atoms with Crippen molar-refractivity contribution in [3.05, 3.63) is 97.2 Å². The van der Waals surface area contributed by atoms with Crippen LogP contribution < -0.4 is 5.32 Å². The Hall–Kier alpha value is -3.29. The molecule has 0 aromatic heterocycles. The standard InChI is InChI=1S/C88H155NO18/c1-3-5-7-9-11-13-15-17-19-21-23-25-27-29-31-32-33-34-35-36-37-38-40-42-44-46-48-50-52-54-56-58-60-62-64-66-76(94)89-71(72(93)65-63-61-59-57-55-53-51-49-47-45-43-41-39-30-28-26-24-22-20-18-16-14-12-10-8-6-4-2)70-102-86-82(100)79(97)84(74(68-91)104-86)107-88-83(101)80(98)85(75(69-92)105-88)106-87-81(99)78(96)77(95)73(67-90)103-87/h5,7,11,13,17,19,23,25,29,31,33-34,36-37,40,42,71-75,77-88,90-93,95-101H,3-4,6,8-10,12,14-16,18,20-22,24,26-28,30,32,35,38-39,41,43-70H2,1-2H3,(H,89,94)/b7-5-,13-11-,19-17-,25-23-,31-29-,34-33-,37-36-,42-40-. The molecule has 19 nitrogen and oxygen atoms in total. The summed E-state index contributed by atoms with van der Waals surface area (Å²) in [4.78, 5) is 13.5. The fourth-order valence-electron chi connectivity index (χ4n) is 14.1. The molecule has 3 heterocycles. The average molecular weight is 1520 g/mol. The molecule has 17 atom stereocenters. The van der Waals surface area contributed by atoms with Gasteiger partial charge in [-0.1, -0.05) is 336 Å². The Labute approximate surface area is 647 Å². The molecule has 0 aromatic carbocycles. The van der Waals surface area contributed by atoms with Crippen molar-refractivity contribution in [1.82, 2.24) is 5.32 Å². The molecule has 12 N–H and O–H groups in total. The lowest BCUT2D eigenvalue weighted by Gasteiger charge is -2.48. The second-order valence-electron chi connectivity index (χ2n) is 30.3. The zero-order chi connectivity index (χ0) is 77.4. The Morgan fingerprint density at radius 2 is 0.645 bits per heavy atom. The zero-order valence-electron chi connectivity index (χ0n) is 66.6. The molecular weight excluding hydrogens is 1360 g/mol. The number of aliphatic hydroxyl groups excluding tert-OH is 11. The lowest BCUT2D eigenvalue weighted by atomic mass is 9.96. The summed E-state index contributed by atoms with van der Waals surface area (Å²) in [6.07, 6.45) is 64.9. The van der Waals surface area contributed by atoms with Gasteiger partial charge >= 0.3 is 0 Å². The molecule has 0 saturated carbocycles. The first-order chi connectivity index (χ1) is 52.3. The van der Waals surface area contributed by atoms with E-state index in [-0.39, 0.29) is 18.9 Å². The van der Waals surface area contributed by atoms with E-state index in [1.807, 2.05) is 0 Å². The van der Waals surface area contributed by atoms with Crippen LogP contribution in [0.4, 0.5) is 0 Å². The second kappa shape index (κ2) is 67.2. The van der Waals surface area contributed by atoms with E-state index >= 15 is 0 Å². The van der Waals surface area contributed by atoms with E-state index in [2.05, 4.69) is 116 Å². The van der Waals surface area contributed by atoms with Crippen molar-refractivity contribution in [1.29, 1.82) is 0 Å². The Morgan fingerprint density at radius 1 is 0.346 bits per heavy atom. The van der Waals surface area contributed by atoms with Crippen LogP contribution in [0, 0.1) is 0 Å². The van der Waals surface area contributed by atoms with Gasteiger partial charge < -0.3 is 89.9 Å². The number of rotatable bonds is 68. The summed E-state index contributed by atoms with van der Waals surface area (Å²) in [5, 5.41) is 121. The highest BCUT2D eigenvalue weighted by molar-refractivity contribution is 5.76. The predicted molar refractivity (Wildman–Crippen MR) is 429 cm³/mol. The lowest BCUT2D eigenvalue weighted by molar-refractivity contribution is -0.379. The lowest BCUT2D eigenvalue weighted by Crippen LogP contribution is -2.66. The van der Waals surface area contributed by atoms with Gasteiger partial charge in [-0.25, -0.2) is 0 Å². The number of carbonyl (C=O) groups excluding carboxylic acids is 1. The third kappa shape index (κ3) is 46.5. The summed E-state index contributed by atoms with van der Waals surface area (Å²) in [5.41, 5.74) is 0. The van der Waals surface area contributed by atoms with Crippen LogP contribution >= 0.6 is 0 Å². The average Bonchev–Trinajstić information content (AvgIpc) is 0.781. The van der Waals surface area contributed by atoms with Gasteiger partial charge in [0.25, 0.3) is 0 Å². The van der Waals surface area contributed by atoms with Gasteiger partial charge in [-0.3, -0.25) is 4.79 Å². The summed E-state index contributed by atoms with van der Waals surface area (Å²) in [6, 6.07) is -0.898. The van der Waals surface area contributed by atoms with Crippen molar-refractivity contribution >= 4 is 5.91 Å². The SMILES string of the molecule is CC/C=C\C/C=C\C/C=C\C/C=C\C/C=C\C/C=C\C/C=C\C/C=C\CCCCCCCCCCCCC(=O)NC(COC1OC(CO)C(OC2OC(CO)C(OC3OC(CO)C(O)C(O)C3O)C(O)C2O)C(O)C1O)C(O)CCCCCCCCCCCCCCCCCCCCCCCCCCCCC. The van der Waals surface area contributed by atoms with Crippen molar-refractivity contribution in [2.24, 2.45) is 0 Å². The fraction of sp³-hybridized carbons (Fsp3) is 0.807. The van der Waals surface area contributed by atoms with E-state index in [0.29, 0.717) is 12.8 Å². The van der Waals surface area contributed by atoms with Gasteiger partial charge in [-0.2, -0.15) is 0 Å². The minimum absolute atomic E-state index is 0.247. The molecule has 0 bridgehead atoms. The smallest absolute Gasteiger partial charge is 0.220 e. The zero-order valence-corrected chi connectivity index (χ0v) is 66.6. The fourth-order valence-corrected chi connectivity index (χ4v) is 14.1. The second-order valence-corrected chi connectivity index (χ2v) is 30.3. The van der Waals surface area contributed by atoms with Gasteiger partial charge in [-0.05, 0) is 77.0 Å². The number of carbonyl (C=O) groups is 1. The molecule has 19 heteroatoms. The maximum absolute atomic E-state index is 13.5. The molecule has 17 unspecified atom stereocenters. The van der Waals surface area contributed by atoms with Gasteiger partial charge in [0.15, 0.2) is 18.9 Å². The highest BCUT2D eigenvalue weighted by Crippen LogP contribution is 2.33. The number of nitrogens with one attached hydrogen (secondary N) is 1. The highest BCUT2D eigenvalue weighted by Gasteiger charge is 2.54. The van der Waals surface area contributed by atoms with E-state index < -0.39 is 124 Å².